The molecule has 1 aromatic carbocycles. The van der Waals surface area contributed by atoms with Crippen LogP contribution in [-0.4, -0.2) is 4.57 Å². The Labute approximate surface area is 89.7 Å². The van der Waals surface area contributed by atoms with Crippen LogP contribution in [0.1, 0.15) is 13.3 Å². The SMILES string of the molecule is CC1CC1Cn1ccc2cc(N)ccc21. The van der Waals surface area contributed by atoms with E-state index in [1.54, 1.807) is 0 Å². The predicted molar refractivity (Wildman–Crippen MR) is 63.6 cm³/mol. The summed E-state index contributed by atoms with van der Waals surface area (Å²) in [6.45, 7) is 3.49. The van der Waals surface area contributed by atoms with E-state index in [2.05, 4.69) is 29.8 Å². The van der Waals surface area contributed by atoms with Gasteiger partial charge < -0.3 is 10.3 Å². The van der Waals surface area contributed by atoms with Gasteiger partial charge in [-0.25, -0.2) is 0 Å². The molecule has 2 N–H and O–H groups in total. The molecule has 0 radical (unpaired) electrons. The van der Waals surface area contributed by atoms with Crippen molar-refractivity contribution in [1.82, 2.24) is 4.57 Å². The van der Waals surface area contributed by atoms with Crippen molar-refractivity contribution in [1.29, 1.82) is 0 Å². The van der Waals surface area contributed by atoms with Gasteiger partial charge >= 0.3 is 0 Å². The second-order valence-corrected chi connectivity index (χ2v) is 4.76. The van der Waals surface area contributed by atoms with E-state index >= 15 is 0 Å². The Morgan fingerprint density at radius 2 is 2.20 bits per heavy atom. The van der Waals surface area contributed by atoms with E-state index in [0.29, 0.717) is 0 Å². The first-order chi connectivity index (χ1) is 7.24. The van der Waals surface area contributed by atoms with Crippen LogP contribution in [0.5, 0.6) is 0 Å². The van der Waals surface area contributed by atoms with Crippen LogP contribution in [0.3, 0.4) is 0 Å². The van der Waals surface area contributed by atoms with Crippen LogP contribution in [0, 0.1) is 11.8 Å². The summed E-state index contributed by atoms with van der Waals surface area (Å²) in [5, 5.41) is 1.25. The fourth-order valence-corrected chi connectivity index (χ4v) is 2.28. The molecule has 2 aromatic rings. The van der Waals surface area contributed by atoms with Crippen molar-refractivity contribution >= 4 is 16.6 Å². The first-order valence-corrected chi connectivity index (χ1v) is 5.58. The maximum atomic E-state index is 5.76. The summed E-state index contributed by atoms with van der Waals surface area (Å²) in [5.74, 6) is 1.80. The number of hydrogen-bond acceptors (Lipinski definition) is 1. The molecule has 3 rings (SSSR count). The number of nitrogen functional groups attached to an aromatic ring is 1. The zero-order valence-electron chi connectivity index (χ0n) is 8.98. The summed E-state index contributed by atoms with van der Waals surface area (Å²) in [4.78, 5) is 0. The molecule has 0 aliphatic heterocycles. The maximum absolute atomic E-state index is 5.76. The average Bonchev–Trinajstić information content (AvgIpc) is 2.74. The largest absolute Gasteiger partial charge is 0.399 e. The third-order valence-electron chi connectivity index (χ3n) is 3.50. The molecule has 0 bridgehead atoms. The van der Waals surface area contributed by atoms with Crippen LogP contribution in [0.25, 0.3) is 10.9 Å². The van der Waals surface area contributed by atoms with Gasteiger partial charge in [-0.15, -0.1) is 0 Å². The van der Waals surface area contributed by atoms with Crippen molar-refractivity contribution in [2.24, 2.45) is 11.8 Å². The fraction of sp³-hybridized carbons (Fsp3) is 0.385. The highest BCUT2D eigenvalue weighted by atomic mass is 15.0. The van der Waals surface area contributed by atoms with Crippen LogP contribution in [0.2, 0.25) is 0 Å². The molecule has 78 valence electrons. The van der Waals surface area contributed by atoms with Crippen LogP contribution < -0.4 is 5.73 Å². The Bertz CT molecular complexity index is 498. The smallest absolute Gasteiger partial charge is 0.0481 e. The molecule has 0 saturated heterocycles. The quantitative estimate of drug-likeness (QED) is 0.742. The summed E-state index contributed by atoms with van der Waals surface area (Å²) in [7, 11) is 0. The highest BCUT2D eigenvalue weighted by Gasteiger charge is 2.32. The third kappa shape index (κ3) is 1.50. The number of anilines is 1. The van der Waals surface area contributed by atoms with E-state index < -0.39 is 0 Å². The molecule has 2 unspecified atom stereocenters. The summed E-state index contributed by atoms with van der Waals surface area (Å²) in [6.07, 6.45) is 3.56. The number of rotatable bonds is 2. The van der Waals surface area contributed by atoms with Crippen molar-refractivity contribution < 1.29 is 0 Å². The normalized spacial score (nSPS) is 24.6. The zero-order chi connectivity index (χ0) is 10.4. The Hall–Kier alpha value is -1.44. The van der Waals surface area contributed by atoms with Gasteiger partial charge in [0.2, 0.25) is 0 Å². The molecule has 1 aliphatic carbocycles. The summed E-state index contributed by atoms with van der Waals surface area (Å²) in [6, 6.07) is 8.30. The lowest BCUT2D eigenvalue weighted by atomic mass is 10.2. The molecular formula is C13H16N2. The fourth-order valence-electron chi connectivity index (χ4n) is 2.28. The molecule has 2 atom stereocenters. The molecular weight excluding hydrogens is 184 g/mol. The number of benzene rings is 1. The average molecular weight is 200 g/mol. The Morgan fingerprint density at radius 3 is 2.93 bits per heavy atom. The minimum atomic E-state index is 0.847. The van der Waals surface area contributed by atoms with Gasteiger partial charge in [-0.3, -0.25) is 0 Å². The molecule has 0 spiro atoms. The van der Waals surface area contributed by atoms with Gasteiger partial charge in [-0.2, -0.15) is 0 Å². The van der Waals surface area contributed by atoms with Gasteiger partial charge in [0, 0.05) is 29.3 Å². The minimum absolute atomic E-state index is 0.847. The molecule has 1 heterocycles. The van der Waals surface area contributed by atoms with E-state index in [1.807, 2.05) is 12.1 Å². The van der Waals surface area contributed by atoms with Crippen molar-refractivity contribution in [3.8, 4) is 0 Å². The molecule has 0 amide bonds. The lowest BCUT2D eigenvalue weighted by Gasteiger charge is -2.04. The van der Waals surface area contributed by atoms with Crippen molar-refractivity contribution in [2.45, 2.75) is 19.9 Å². The molecule has 15 heavy (non-hydrogen) atoms. The van der Waals surface area contributed by atoms with E-state index in [-0.39, 0.29) is 0 Å². The summed E-state index contributed by atoms with van der Waals surface area (Å²) < 4.78 is 2.35. The molecule has 1 saturated carbocycles. The number of nitrogens with two attached hydrogens (primary N) is 1. The highest BCUT2D eigenvalue weighted by Crippen LogP contribution is 2.39. The Kier molecular flexibility index (Phi) is 1.78. The highest BCUT2D eigenvalue weighted by molar-refractivity contribution is 5.83. The van der Waals surface area contributed by atoms with Crippen molar-refractivity contribution in [2.75, 3.05) is 5.73 Å². The molecule has 2 heteroatoms. The predicted octanol–water partition coefficient (Wildman–Crippen LogP) is 2.88. The van der Waals surface area contributed by atoms with Gasteiger partial charge in [0.25, 0.3) is 0 Å². The minimum Gasteiger partial charge on any atom is -0.399 e. The van der Waals surface area contributed by atoms with E-state index in [0.717, 1.165) is 24.1 Å². The summed E-state index contributed by atoms with van der Waals surface area (Å²) >= 11 is 0. The van der Waals surface area contributed by atoms with E-state index in [1.165, 1.54) is 17.3 Å². The van der Waals surface area contributed by atoms with E-state index in [9.17, 15) is 0 Å². The lowest BCUT2D eigenvalue weighted by molar-refractivity contribution is 0.610. The second kappa shape index (κ2) is 3.02. The van der Waals surface area contributed by atoms with Gasteiger partial charge in [-0.05, 0) is 42.5 Å². The van der Waals surface area contributed by atoms with Crippen LogP contribution in [0.4, 0.5) is 5.69 Å². The molecule has 1 aromatic heterocycles. The van der Waals surface area contributed by atoms with Crippen molar-refractivity contribution in [3.05, 3.63) is 30.5 Å². The number of aromatic nitrogens is 1. The van der Waals surface area contributed by atoms with E-state index in [4.69, 9.17) is 5.73 Å². The summed E-state index contributed by atoms with van der Waals surface area (Å²) in [5.41, 5.74) is 7.92. The van der Waals surface area contributed by atoms with Crippen LogP contribution >= 0.6 is 0 Å². The zero-order valence-corrected chi connectivity index (χ0v) is 8.98. The first kappa shape index (κ1) is 8.84. The topological polar surface area (TPSA) is 30.9 Å². The lowest BCUT2D eigenvalue weighted by Crippen LogP contribution is -1.98. The molecule has 1 aliphatic rings. The molecule has 1 fully saturated rings. The van der Waals surface area contributed by atoms with Gasteiger partial charge in [-0.1, -0.05) is 6.92 Å². The number of hydrogen-bond donors (Lipinski definition) is 1. The van der Waals surface area contributed by atoms with Crippen molar-refractivity contribution in [3.63, 3.8) is 0 Å². The Morgan fingerprint density at radius 1 is 1.40 bits per heavy atom. The second-order valence-electron chi connectivity index (χ2n) is 4.76. The molecule has 2 nitrogen and oxygen atoms in total. The Balaban J connectivity index is 1.97. The number of nitrogens with zero attached hydrogens (tertiary/aromatic N) is 1. The van der Waals surface area contributed by atoms with Gasteiger partial charge in [0.05, 0.1) is 0 Å². The number of fused-ring (bicyclic) bond motifs is 1. The van der Waals surface area contributed by atoms with Crippen LogP contribution in [0.15, 0.2) is 30.5 Å². The maximum Gasteiger partial charge on any atom is 0.0481 e. The third-order valence-corrected chi connectivity index (χ3v) is 3.50. The first-order valence-electron chi connectivity index (χ1n) is 5.58. The standard InChI is InChI=1S/C13H16N2/c1-9-6-11(9)8-15-5-4-10-7-12(14)2-3-13(10)15/h2-5,7,9,11H,6,8,14H2,1H3. The van der Waals surface area contributed by atoms with Gasteiger partial charge in [0.1, 0.15) is 0 Å². The van der Waals surface area contributed by atoms with Gasteiger partial charge in [0.15, 0.2) is 0 Å². The monoisotopic (exact) mass is 200 g/mol. The van der Waals surface area contributed by atoms with Crippen LogP contribution in [-0.2, 0) is 6.54 Å².